The first kappa shape index (κ1) is 17.0. The lowest BCUT2D eigenvalue weighted by Crippen LogP contribution is -2.31. The van der Waals surface area contributed by atoms with Crippen molar-refractivity contribution >= 4 is 16.8 Å². The summed E-state index contributed by atoms with van der Waals surface area (Å²) < 4.78 is 7.93. The number of nitrogens with zero attached hydrogens (tertiary/aromatic N) is 2. The average molecular weight is 329 g/mol. The molecule has 0 unspecified atom stereocenters. The van der Waals surface area contributed by atoms with E-state index in [4.69, 9.17) is 10.5 Å². The Balaban J connectivity index is 1.78. The van der Waals surface area contributed by atoms with Crippen molar-refractivity contribution in [2.75, 3.05) is 19.7 Å². The second-order valence-corrected chi connectivity index (χ2v) is 6.54. The number of likely N-dealkylation sites (N-methyl/N-ethyl adjacent to an activating group) is 1. The normalized spacial score (nSPS) is 17.8. The van der Waals surface area contributed by atoms with Gasteiger partial charge in [-0.15, -0.1) is 0 Å². The molecule has 0 aliphatic carbocycles. The summed E-state index contributed by atoms with van der Waals surface area (Å²) >= 11 is 0. The number of fused-ring (bicyclic) bond motifs is 1. The lowest BCUT2D eigenvalue weighted by Gasteiger charge is -2.23. The number of hydrogen-bond acceptors (Lipinski definition) is 3. The molecule has 0 bridgehead atoms. The van der Waals surface area contributed by atoms with E-state index in [0.29, 0.717) is 19.1 Å². The van der Waals surface area contributed by atoms with Crippen molar-refractivity contribution < 1.29 is 9.53 Å². The first-order chi connectivity index (χ1) is 11.7. The maximum Gasteiger partial charge on any atom is 0.219 e. The molecule has 24 heavy (non-hydrogen) atoms. The van der Waals surface area contributed by atoms with Gasteiger partial charge >= 0.3 is 0 Å². The fourth-order valence-electron chi connectivity index (χ4n) is 3.49. The maximum absolute atomic E-state index is 11.1. The van der Waals surface area contributed by atoms with Gasteiger partial charge in [0.15, 0.2) is 0 Å². The average Bonchev–Trinajstić information content (AvgIpc) is 3.21. The number of para-hydroxylation sites is 1. The minimum atomic E-state index is -0.261. The Labute approximate surface area is 143 Å². The molecular weight excluding hydrogens is 302 g/mol. The first-order valence-corrected chi connectivity index (χ1v) is 8.86. The Morgan fingerprint density at radius 1 is 1.42 bits per heavy atom. The van der Waals surface area contributed by atoms with Gasteiger partial charge in [0.05, 0.1) is 6.10 Å². The van der Waals surface area contributed by atoms with Gasteiger partial charge in [0, 0.05) is 49.8 Å². The summed E-state index contributed by atoms with van der Waals surface area (Å²) in [5.74, 6) is -0.261. The molecule has 1 amide bonds. The van der Waals surface area contributed by atoms with E-state index >= 15 is 0 Å². The summed E-state index contributed by atoms with van der Waals surface area (Å²) in [5.41, 5.74) is 7.78. The summed E-state index contributed by atoms with van der Waals surface area (Å²) in [6.07, 6.45) is 5.25. The second kappa shape index (κ2) is 7.81. The highest BCUT2D eigenvalue weighted by Gasteiger charge is 2.19. The third kappa shape index (κ3) is 3.97. The predicted molar refractivity (Wildman–Crippen MR) is 95.7 cm³/mol. The minimum absolute atomic E-state index is 0.261. The Hall–Kier alpha value is -1.85. The van der Waals surface area contributed by atoms with Crippen LogP contribution in [0.4, 0.5) is 0 Å². The number of carbonyl (C=O) groups excluding carboxylic acids is 1. The monoisotopic (exact) mass is 329 g/mol. The SMILES string of the molecule is CCN(Cc1cn(CCC(N)=O)c2ccccc12)C[C@H]1CCCO1. The topological polar surface area (TPSA) is 60.5 Å². The van der Waals surface area contributed by atoms with E-state index in [9.17, 15) is 4.79 Å². The zero-order valence-electron chi connectivity index (χ0n) is 14.4. The standard InChI is InChI=1S/C19H27N3O2/c1-2-21(14-16-6-5-11-24-16)12-15-13-22(10-9-19(20)23)18-8-4-3-7-17(15)18/h3-4,7-8,13,16H,2,5-6,9-12,14H2,1H3,(H2,20,23)/t16-/m1/s1. The van der Waals surface area contributed by atoms with Crippen molar-refractivity contribution in [1.29, 1.82) is 0 Å². The summed E-state index contributed by atoms with van der Waals surface area (Å²) in [6.45, 7) is 6.61. The number of aromatic nitrogens is 1. The maximum atomic E-state index is 11.1. The van der Waals surface area contributed by atoms with Crippen LogP contribution in [0.3, 0.4) is 0 Å². The molecule has 2 aromatic rings. The highest BCUT2D eigenvalue weighted by atomic mass is 16.5. The van der Waals surface area contributed by atoms with Crippen LogP contribution in [-0.4, -0.2) is 41.2 Å². The number of ether oxygens (including phenoxy) is 1. The van der Waals surface area contributed by atoms with E-state index in [2.05, 4.69) is 40.8 Å². The highest BCUT2D eigenvalue weighted by molar-refractivity contribution is 5.84. The fourth-order valence-corrected chi connectivity index (χ4v) is 3.49. The number of nitrogens with two attached hydrogens (primary N) is 1. The van der Waals surface area contributed by atoms with Crippen molar-refractivity contribution in [1.82, 2.24) is 9.47 Å². The van der Waals surface area contributed by atoms with Gasteiger partial charge in [-0.25, -0.2) is 0 Å². The van der Waals surface area contributed by atoms with Gasteiger partial charge in [-0.05, 0) is 31.0 Å². The van der Waals surface area contributed by atoms with Crippen LogP contribution >= 0.6 is 0 Å². The highest BCUT2D eigenvalue weighted by Crippen LogP contribution is 2.24. The van der Waals surface area contributed by atoms with Gasteiger partial charge in [0.1, 0.15) is 0 Å². The predicted octanol–water partition coefficient (Wildman–Crippen LogP) is 2.52. The van der Waals surface area contributed by atoms with E-state index in [1.807, 2.05) is 6.07 Å². The molecule has 2 N–H and O–H groups in total. The molecule has 1 aliphatic heterocycles. The molecule has 0 spiro atoms. The number of aryl methyl sites for hydroxylation is 1. The molecule has 0 radical (unpaired) electrons. The molecule has 1 atom stereocenters. The number of primary amides is 1. The fraction of sp³-hybridized carbons (Fsp3) is 0.526. The molecular formula is C19H27N3O2. The molecule has 1 aromatic carbocycles. The first-order valence-electron chi connectivity index (χ1n) is 8.86. The largest absolute Gasteiger partial charge is 0.377 e. The van der Waals surface area contributed by atoms with E-state index in [0.717, 1.165) is 32.7 Å². The van der Waals surface area contributed by atoms with Gasteiger partial charge in [-0.1, -0.05) is 25.1 Å². The third-order valence-electron chi connectivity index (χ3n) is 4.80. The number of hydrogen-bond donors (Lipinski definition) is 1. The molecule has 1 aromatic heterocycles. The van der Waals surface area contributed by atoms with Crippen LogP contribution in [-0.2, 0) is 22.6 Å². The van der Waals surface area contributed by atoms with Crippen molar-refractivity contribution in [3.05, 3.63) is 36.0 Å². The van der Waals surface area contributed by atoms with E-state index < -0.39 is 0 Å². The molecule has 3 rings (SSSR count). The lowest BCUT2D eigenvalue weighted by molar-refractivity contribution is -0.118. The Kier molecular flexibility index (Phi) is 5.53. The minimum Gasteiger partial charge on any atom is -0.377 e. The van der Waals surface area contributed by atoms with Crippen LogP contribution in [0.1, 0.15) is 31.7 Å². The van der Waals surface area contributed by atoms with Crippen LogP contribution in [0, 0.1) is 0 Å². The molecule has 1 fully saturated rings. The van der Waals surface area contributed by atoms with Crippen LogP contribution < -0.4 is 5.73 Å². The summed E-state index contributed by atoms with van der Waals surface area (Å²) in [5, 5.41) is 1.26. The Morgan fingerprint density at radius 3 is 2.96 bits per heavy atom. The van der Waals surface area contributed by atoms with Gasteiger partial charge in [0.25, 0.3) is 0 Å². The van der Waals surface area contributed by atoms with Gasteiger partial charge in [-0.3, -0.25) is 9.69 Å². The Bertz CT molecular complexity index is 689. The van der Waals surface area contributed by atoms with E-state index in [1.165, 1.54) is 22.9 Å². The summed E-state index contributed by atoms with van der Waals surface area (Å²) in [6, 6.07) is 8.37. The van der Waals surface area contributed by atoms with Gasteiger partial charge < -0.3 is 15.0 Å². The van der Waals surface area contributed by atoms with Gasteiger partial charge in [0.2, 0.25) is 5.91 Å². The molecule has 5 heteroatoms. The number of carbonyl (C=O) groups is 1. The van der Waals surface area contributed by atoms with Crippen LogP contribution in [0.25, 0.3) is 10.9 Å². The number of benzene rings is 1. The molecule has 5 nitrogen and oxygen atoms in total. The van der Waals surface area contributed by atoms with E-state index in [-0.39, 0.29) is 5.91 Å². The summed E-state index contributed by atoms with van der Waals surface area (Å²) in [4.78, 5) is 13.6. The second-order valence-electron chi connectivity index (χ2n) is 6.54. The Morgan fingerprint density at radius 2 is 2.25 bits per heavy atom. The van der Waals surface area contributed by atoms with Crippen molar-refractivity contribution in [3.63, 3.8) is 0 Å². The van der Waals surface area contributed by atoms with Gasteiger partial charge in [-0.2, -0.15) is 0 Å². The van der Waals surface area contributed by atoms with E-state index in [1.54, 1.807) is 0 Å². The molecule has 0 saturated carbocycles. The molecule has 1 saturated heterocycles. The van der Waals surface area contributed by atoms with Crippen molar-refractivity contribution in [3.8, 4) is 0 Å². The molecule has 1 aliphatic rings. The molecule has 130 valence electrons. The van der Waals surface area contributed by atoms with Crippen molar-refractivity contribution in [2.24, 2.45) is 5.73 Å². The number of amides is 1. The van der Waals surface area contributed by atoms with Crippen LogP contribution in [0.5, 0.6) is 0 Å². The zero-order valence-corrected chi connectivity index (χ0v) is 14.4. The van der Waals surface area contributed by atoms with Crippen LogP contribution in [0.15, 0.2) is 30.5 Å². The third-order valence-corrected chi connectivity index (χ3v) is 4.80. The molecule has 2 heterocycles. The number of rotatable bonds is 8. The van der Waals surface area contributed by atoms with Crippen LogP contribution in [0.2, 0.25) is 0 Å². The lowest BCUT2D eigenvalue weighted by atomic mass is 10.1. The smallest absolute Gasteiger partial charge is 0.219 e. The quantitative estimate of drug-likeness (QED) is 0.809. The van der Waals surface area contributed by atoms with Crippen molar-refractivity contribution in [2.45, 2.75) is 45.4 Å². The summed E-state index contributed by atoms with van der Waals surface area (Å²) in [7, 11) is 0. The zero-order chi connectivity index (χ0) is 16.9.